The van der Waals surface area contributed by atoms with Crippen LogP contribution in [-0.4, -0.2) is 55.9 Å². The molecule has 2 aliphatic heterocycles. The number of carboxylic acid groups (broad SMARTS) is 1. The highest BCUT2D eigenvalue weighted by atomic mass is 32.2. The summed E-state index contributed by atoms with van der Waals surface area (Å²) in [5.41, 5.74) is 1.08. The van der Waals surface area contributed by atoms with Gasteiger partial charge in [-0.3, -0.25) is 14.9 Å². The quantitative estimate of drug-likeness (QED) is 0.540. The lowest BCUT2D eigenvalue weighted by molar-refractivity contribution is -0.115. The number of nitrogens with one attached hydrogen (secondary N) is 1. The number of benzene rings is 1. The van der Waals surface area contributed by atoms with Crippen LogP contribution in [0.1, 0.15) is 44.7 Å². The fourth-order valence-corrected chi connectivity index (χ4v) is 4.92. The van der Waals surface area contributed by atoms with E-state index in [0.717, 1.165) is 11.8 Å². The first kappa shape index (κ1) is 25.5. The molecular formula is C25H28N4O6S. The van der Waals surface area contributed by atoms with Gasteiger partial charge < -0.3 is 19.5 Å². The minimum Gasteiger partial charge on any atom is -0.474 e. The first-order valence-corrected chi connectivity index (χ1v) is 12.3. The van der Waals surface area contributed by atoms with Gasteiger partial charge in [0.15, 0.2) is 0 Å². The van der Waals surface area contributed by atoms with Crippen LogP contribution < -0.4 is 14.8 Å². The van der Waals surface area contributed by atoms with Gasteiger partial charge >= 0.3 is 6.09 Å². The summed E-state index contributed by atoms with van der Waals surface area (Å²) < 4.78 is 12.2. The van der Waals surface area contributed by atoms with Crippen LogP contribution in [0.5, 0.6) is 17.5 Å². The van der Waals surface area contributed by atoms with Gasteiger partial charge in [0.05, 0.1) is 10.5 Å². The molecule has 2 unspecified atom stereocenters. The lowest BCUT2D eigenvalue weighted by Crippen LogP contribution is -2.53. The van der Waals surface area contributed by atoms with Gasteiger partial charge in [0.25, 0.3) is 11.1 Å². The largest absolute Gasteiger partial charge is 0.474 e. The number of ether oxygens (including phenoxy) is 2. The molecule has 0 aliphatic carbocycles. The normalized spacial score (nSPS) is 21.4. The molecule has 190 valence electrons. The molecule has 2 fully saturated rings. The van der Waals surface area contributed by atoms with Crippen LogP contribution in [0.4, 0.5) is 9.59 Å². The summed E-state index contributed by atoms with van der Waals surface area (Å²) in [6.45, 7) is 8.27. The van der Waals surface area contributed by atoms with Crippen molar-refractivity contribution >= 4 is 35.1 Å². The molecule has 0 radical (unpaired) electrons. The number of amides is 3. The second-order valence-electron chi connectivity index (χ2n) is 9.76. The van der Waals surface area contributed by atoms with Crippen molar-refractivity contribution in [1.82, 2.24) is 20.2 Å². The zero-order chi connectivity index (χ0) is 26.0. The smallest absolute Gasteiger partial charge is 0.407 e. The van der Waals surface area contributed by atoms with Gasteiger partial charge in [0.1, 0.15) is 18.2 Å². The molecule has 11 heteroatoms. The van der Waals surface area contributed by atoms with Gasteiger partial charge in [-0.05, 0) is 47.9 Å². The Kier molecular flexibility index (Phi) is 7.21. The highest BCUT2D eigenvalue weighted by Crippen LogP contribution is 2.35. The van der Waals surface area contributed by atoms with Crippen molar-refractivity contribution in [3.63, 3.8) is 0 Å². The summed E-state index contributed by atoms with van der Waals surface area (Å²) in [5.74, 6) is 0.780. The minimum absolute atomic E-state index is 0.182. The van der Waals surface area contributed by atoms with E-state index in [-0.39, 0.29) is 17.6 Å². The van der Waals surface area contributed by atoms with E-state index < -0.39 is 17.2 Å². The summed E-state index contributed by atoms with van der Waals surface area (Å²) in [7, 11) is 0. The maximum absolute atomic E-state index is 11.8. The Morgan fingerprint density at radius 3 is 2.67 bits per heavy atom. The van der Waals surface area contributed by atoms with E-state index in [1.54, 1.807) is 37.3 Å². The van der Waals surface area contributed by atoms with Crippen LogP contribution in [0.3, 0.4) is 0 Å². The molecule has 2 aromatic rings. The molecule has 3 heterocycles. The van der Waals surface area contributed by atoms with E-state index in [4.69, 9.17) is 9.47 Å². The summed E-state index contributed by atoms with van der Waals surface area (Å²) in [5, 5.41) is 11.4. The second-order valence-corrected chi connectivity index (χ2v) is 10.8. The number of piperidine rings is 1. The van der Waals surface area contributed by atoms with Crippen LogP contribution in [0.25, 0.3) is 6.08 Å². The molecule has 2 aliphatic rings. The Hall–Kier alpha value is -3.60. The van der Waals surface area contributed by atoms with Gasteiger partial charge in [-0.15, -0.1) is 0 Å². The summed E-state index contributed by atoms with van der Waals surface area (Å²) in [4.78, 5) is 45.3. The van der Waals surface area contributed by atoms with E-state index >= 15 is 0 Å². The van der Waals surface area contributed by atoms with E-state index in [1.165, 1.54) is 11.2 Å². The van der Waals surface area contributed by atoms with E-state index in [2.05, 4.69) is 15.3 Å². The number of carbonyl (C=O) groups excluding carboxylic acids is 2. The lowest BCUT2D eigenvalue weighted by Gasteiger charge is -2.44. The zero-order valence-electron chi connectivity index (χ0n) is 20.5. The number of rotatable bonds is 5. The molecule has 4 rings (SSSR count). The first-order valence-electron chi connectivity index (χ1n) is 11.5. The summed E-state index contributed by atoms with van der Waals surface area (Å²) in [6.07, 6.45) is 2.98. The molecule has 1 aromatic heterocycles. The topological polar surface area (TPSA) is 131 Å². The molecule has 10 nitrogen and oxygen atoms in total. The van der Waals surface area contributed by atoms with Gasteiger partial charge in [-0.25, -0.2) is 14.8 Å². The van der Waals surface area contributed by atoms with Crippen molar-refractivity contribution in [1.29, 1.82) is 0 Å². The third-order valence-electron chi connectivity index (χ3n) is 6.08. The van der Waals surface area contributed by atoms with E-state index in [1.807, 2.05) is 20.8 Å². The number of imide groups is 1. The molecule has 2 saturated heterocycles. The number of thioether (sulfide) groups is 1. The summed E-state index contributed by atoms with van der Waals surface area (Å²) in [6, 6.07) is 6.89. The van der Waals surface area contributed by atoms with Crippen LogP contribution >= 0.6 is 11.8 Å². The monoisotopic (exact) mass is 512 g/mol. The molecular weight excluding hydrogens is 484 g/mol. The number of likely N-dealkylation sites (tertiary alicyclic amines) is 1. The van der Waals surface area contributed by atoms with Crippen molar-refractivity contribution in [2.75, 3.05) is 6.54 Å². The minimum atomic E-state index is -0.918. The van der Waals surface area contributed by atoms with Crippen molar-refractivity contribution in [3.8, 4) is 17.5 Å². The third kappa shape index (κ3) is 5.78. The average Bonchev–Trinajstić information content (AvgIpc) is 3.12. The maximum Gasteiger partial charge on any atom is 0.407 e. The number of carbonyl (C=O) groups is 3. The fraction of sp³-hybridized carbons (Fsp3) is 0.400. The maximum atomic E-state index is 11.8. The van der Waals surface area contributed by atoms with Crippen molar-refractivity contribution in [2.45, 2.75) is 52.7 Å². The zero-order valence-corrected chi connectivity index (χ0v) is 21.3. The predicted molar refractivity (Wildman–Crippen MR) is 134 cm³/mol. The second kappa shape index (κ2) is 10.2. The molecule has 2 N–H and O–H groups in total. The summed E-state index contributed by atoms with van der Waals surface area (Å²) >= 11 is 0.850. The van der Waals surface area contributed by atoms with Crippen molar-refractivity contribution in [2.24, 2.45) is 5.41 Å². The standard InChI is InChI=1S/C25H28N4O6S/c1-14-21(34-16-7-5-6-15(10-16)11-18-20(30)28-23(31)36-18)26-13-27-22(14)35-17-8-9-29(24(32)33)19(12-17)25(2,3)4/h5-7,10-11,13,17,19H,8-9,12H2,1-4H3,(H,32,33)(H,28,30,31). The van der Waals surface area contributed by atoms with E-state index in [9.17, 15) is 19.5 Å². The van der Waals surface area contributed by atoms with Gasteiger partial charge in [0, 0.05) is 25.4 Å². The van der Waals surface area contributed by atoms with Crippen molar-refractivity contribution < 1.29 is 29.0 Å². The fourth-order valence-electron chi connectivity index (χ4n) is 4.24. The number of hydrogen-bond donors (Lipinski definition) is 2. The number of nitrogens with zero attached hydrogens (tertiary/aromatic N) is 3. The molecule has 2 atom stereocenters. The van der Waals surface area contributed by atoms with Crippen molar-refractivity contribution in [3.05, 3.63) is 46.6 Å². The first-order chi connectivity index (χ1) is 17.0. The molecule has 0 spiro atoms. The Balaban J connectivity index is 1.49. The van der Waals surface area contributed by atoms with Crippen LogP contribution in [0.15, 0.2) is 35.5 Å². The SMILES string of the molecule is Cc1c(Oc2cccc(C=C3SC(=O)NC3=O)c2)ncnc1OC1CCN(C(=O)O)C(C(C)(C)C)C1. The third-order valence-corrected chi connectivity index (χ3v) is 6.89. The number of aromatic nitrogens is 2. The van der Waals surface area contributed by atoms with Gasteiger partial charge in [0.2, 0.25) is 11.8 Å². The molecule has 3 amide bonds. The Bertz CT molecular complexity index is 1230. The van der Waals surface area contributed by atoms with E-state index in [0.29, 0.717) is 52.9 Å². The molecule has 1 aromatic carbocycles. The predicted octanol–water partition coefficient (Wildman–Crippen LogP) is 4.84. The highest BCUT2D eigenvalue weighted by molar-refractivity contribution is 8.18. The Morgan fingerprint density at radius 2 is 2.00 bits per heavy atom. The average molecular weight is 513 g/mol. The Morgan fingerprint density at radius 1 is 1.25 bits per heavy atom. The molecule has 0 saturated carbocycles. The number of hydrogen-bond acceptors (Lipinski definition) is 8. The Labute approximate surface area is 213 Å². The highest BCUT2D eigenvalue weighted by Gasteiger charge is 2.39. The molecule has 36 heavy (non-hydrogen) atoms. The van der Waals surface area contributed by atoms with Crippen LogP contribution in [-0.2, 0) is 4.79 Å². The van der Waals surface area contributed by atoms with Crippen LogP contribution in [0, 0.1) is 12.3 Å². The lowest BCUT2D eigenvalue weighted by atomic mass is 9.80. The molecule has 0 bridgehead atoms. The van der Waals surface area contributed by atoms with Crippen LogP contribution in [0.2, 0.25) is 0 Å². The van der Waals surface area contributed by atoms with Gasteiger partial charge in [-0.1, -0.05) is 32.9 Å². The van der Waals surface area contributed by atoms with Gasteiger partial charge in [-0.2, -0.15) is 0 Å².